The fraction of sp³-hybridized carbons (Fsp3) is 1.00. The average molecular weight is 312 g/mol. The van der Waals surface area contributed by atoms with Gasteiger partial charge in [0, 0.05) is 37.0 Å². The molecule has 0 aromatic heterocycles. The molecule has 0 radical (unpaired) electrons. The van der Waals surface area contributed by atoms with Crippen LogP contribution in [-0.2, 0) is 0 Å². The van der Waals surface area contributed by atoms with Gasteiger partial charge in [0.05, 0.1) is 0 Å². The first-order chi connectivity index (χ1) is 10.1. The normalized spacial score (nSPS) is 38.7. The summed E-state index contributed by atoms with van der Waals surface area (Å²) in [6, 6.07) is 0.788. The number of nitrogens with two attached hydrogens (primary N) is 1. The average Bonchev–Trinajstić information content (AvgIpc) is 2.98. The van der Waals surface area contributed by atoms with Crippen LogP contribution in [0.4, 0.5) is 0 Å². The largest absolute Gasteiger partial charge is 0.329 e. The van der Waals surface area contributed by atoms with Crippen molar-refractivity contribution in [1.82, 2.24) is 9.80 Å². The van der Waals surface area contributed by atoms with E-state index >= 15 is 0 Å². The number of likely N-dealkylation sites (tertiary alicyclic amines) is 2. The van der Waals surface area contributed by atoms with Crippen LogP contribution in [0.2, 0.25) is 0 Å². The quantitative estimate of drug-likeness (QED) is 0.867. The maximum Gasteiger partial charge on any atom is 0.0473 e. The molecule has 3 fully saturated rings. The second-order valence-electron chi connectivity index (χ2n) is 7.91. The minimum absolute atomic E-state index is 0.223. The number of piperidine rings is 1. The zero-order valence-corrected chi connectivity index (χ0v) is 14.8. The van der Waals surface area contributed by atoms with E-state index in [4.69, 9.17) is 5.73 Å². The Bertz CT molecular complexity index is 354. The summed E-state index contributed by atoms with van der Waals surface area (Å²) in [6.45, 7) is 10.9. The minimum atomic E-state index is 0.223. The molecule has 3 aliphatic rings. The zero-order chi connectivity index (χ0) is 14.9. The monoisotopic (exact) mass is 311 g/mol. The van der Waals surface area contributed by atoms with E-state index in [0.29, 0.717) is 5.41 Å². The SMILES string of the molecule is CC1(C)CCSCC1(CN)N1CCC(N2CCCCC2)C1. The van der Waals surface area contributed by atoms with E-state index in [1.807, 2.05) is 0 Å². The van der Waals surface area contributed by atoms with Gasteiger partial charge < -0.3 is 5.73 Å². The van der Waals surface area contributed by atoms with Gasteiger partial charge in [0.2, 0.25) is 0 Å². The number of hydrogen-bond donors (Lipinski definition) is 1. The maximum absolute atomic E-state index is 6.35. The van der Waals surface area contributed by atoms with Gasteiger partial charge >= 0.3 is 0 Å². The van der Waals surface area contributed by atoms with Crippen LogP contribution in [0.1, 0.15) is 46.0 Å². The molecular formula is C17H33N3S. The second-order valence-corrected chi connectivity index (χ2v) is 9.01. The third-order valence-corrected chi connectivity index (χ3v) is 7.66. The van der Waals surface area contributed by atoms with Crippen LogP contribution in [-0.4, -0.2) is 65.6 Å². The molecule has 3 heterocycles. The number of rotatable bonds is 3. The summed E-state index contributed by atoms with van der Waals surface area (Å²) in [4.78, 5) is 5.54. The molecule has 3 saturated heterocycles. The van der Waals surface area contributed by atoms with Crippen molar-refractivity contribution in [3.8, 4) is 0 Å². The van der Waals surface area contributed by atoms with Gasteiger partial charge in [0.15, 0.2) is 0 Å². The van der Waals surface area contributed by atoms with Crippen molar-refractivity contribution < 1.29 is 0 Å². The lowest BCUT2D eigenvalue weighted by atomic mass is 9.70. The lowest BCUT2D eigenvalue weighted by molar-refractivity contribution is 0.0121. The molecule has 2 unspecified atom stereocenters. The van der Waals surface area contributed by atoms with Crippen molar-refractivity contribution in [3.63, 3.8) is 0 Å². The number of hydrogen-bond acceptors (Lipinski definition) is 4. The molecule has 4 heteroatoms. The Morgan fingerprint density at radius 2 is 1.90 bits per heavy atom. The zero-order valence-electron chi connectivity index (χ0n) is 13.9. The molecule has 2 N–H and O–H groups in total. The van der Waals surface area contributed by atoms with E-state index in [2.05, 4.69) is 35.4 Å². The fourth-order valence-electron chi connectivity index (χ4n) is 4.69. The van der Waals surface area contributed by atoms with Gasteiger partial charge in [0.1, 0.15) is 0 Å². The lowest BCUT2D eigenvalue weighted by Gasteiger charge is -2.55. The van der Waals surface area contributed by atoms with Gasteiger partial charge in [-0.1, -0.05) is 20.3 Å². The third-order valence-electron chi connectivity index (χ3n) is 6.49. The van der Waals surface area contributed by atoms with E-state index in [-0.39, 0.29) is 5.54 Å². The molecule has 0 amide bonds. The molecule has 3 aliphatic heterocycles. The van der Waals surface area contributed by atoms with E-state index in [9.17, 15) is 0 Å². The third kappa shape index (κ3) is 2.89. The molecule has 0 bridgehead atoms. The first-order valence-corrected chi connectivity index (χ1v) is 10.0. The van der Waals surface area contributed by atoms with Crippen LogP contribution in [0.25, 0.3) is 0 Å². The van der Waals surface area contributed by atoms with Gasteiger partial charge in [-0.2, -0.15) is 11.8 Å². The highest BCUT2D eigenvalue weighted by Crippen LogP contribution is 2.46. The first-order valence-electron chi connectivity index (χ1n) is 8.86. The van der Waals surface area contributed by atoms with Gasteiger partial charge in [0.25, 0.3) is 0 Å². The molecule has 0 saturated carbocycles. The summed E-state index contributed by atoms with van der Waals surface area (Å²) in [6.07, 6.45) is 6.89. The molecule has 21 heavy (non-hydrogen) atoms. The summed E-state index contributed by atoms with van der Waals surface area (Å²) in [5.41, 5.74) is 6.92. The molecule has 0 aliphatic carbocycles. The topological polar surface area (TPSA) is 32.5 Å². The standard InChI is InChI=1S/C17H33N3S/c1-16(2)7-11-21-14-17(16,13-18)20-10-6-15(12-20)19-8-4-3-5-9-19/h15H,3-14,18H2,1-2H3. The minimum Gasteiger partial charge on any atom is -0.329 e. The van der Waals surface area contributed by atoms with Crippen LogP contribution in [0.3, 0.4) is 0 Å². The Kier molecular flexibility index (Phi) is 4.90. The fourth-order valence-corrected chi connectivity index (χ4v) is 6.52. The summed E-state index contributed by atoms with van der Waals surface area (Å²) in [5.74, 6) is 2.53. The Labute approximate surface area is 135 Å². The highest BCUT2D eigenvalue weighted by atomic mass is 32.2. The van der Waals surface area contributed by atoms with Crippen LogP contribution in [0.15, 0.2) is 0 Å². The summed E-state index contributed by atoms with van der Waals surface area (Å²) in [7, 11) is 0. The molecule has 0 aromatic rings. The molecule has 3 nitrogen and oxygen atoms in total. The summed E-state index contributed by atoms with van der Waals surface area (Å²) < 4.78 is 0. The molecule has 122 valence electrons. The second kappa shape index (κ2) is 6.38. The Morgan fingerprint density at radius 1 is 1.14 bits per heavy atom. The van der Waals surface area contributed by atoms with E-state index in [1.165, 1.54) is 69.8 Å². The lowest BCUT2D eigenvalue weighted by Crippen LogP contribution is -2.65. The summed E-state index contributed by atoms with van der Waals surface area (Å²) in [5, 5.41) is 0. The Hall–Kier alpha value is 0.230. The molecule has 2 atom stereocenters. The molecule has 0 spiro atoms. The highest BCUT2D eigenvalue weighted by Gasteiger charge is 2.51. The van der Waals surface area contributed by atoms with E-state index in [0.717, 1.165) is 12.6 Å². The van der Waals surface area contributed by atoms with Crippen molar-refractivity contribution in [1.29, 1.82) is 0 Å². The Morgan fingerprint density at radius 3 is 2.57 bits per heavy atom. The van der Waals surface area contributed by atoms with Gasteiger partial charge in [-0.25, -0.2) is 0 Å². The van der Waals surface area contributed by atoms with Crippen molar-refractivity contribution in [2.75, 3.05) is 44.2 Å². The number of nitrogens with zero attached hydrogens (tertiary/aromatic N) is 2. The van der Waals surface area contributed by atoms with Crippen molar-refractivity contribution >= 4 is 11.8 Å². The Balaban J connectivity index is 1.71. The molecule has 3 rings (SSSR count). The van der Waals surface area contributed by atoms with Crippen LogP contribution in [0, 0.1) is 5.41 Å². The highest BCUT2D eigenvalue weighted by molar-refractivity contribution is 7.99. The van der Waals surface area contributed by atoms with Crippen molar-refractivity contribution in [3.05, 3.63) is 0 Å². The van der Waals surface area contributed by atoms with Crippen molar-refractivity contribution in [2.45, 2.75) is 57.5 Å². The maximum atomic E-state index is 6.35. The molecule has 0 aromatic carbocycles. The van der Waals surface area contributed by atoms with Crippen LogP contribution >= 0.6 is 11.8 Å². The predicted octanol–water partition coefficient (Wildman–Crippen LogP) is 2.41. The van der Waals surface area contributed by atoms with E-state index < -0.39 is 0 Å². The first kappa shape index (κ1) is 16.1. The van der Waals surface area contributed by atoms with E-state index in [1.54, 1.807) is 0 Å². The van der Waals surface area contributed by atoms with Crippen LogP contribution < -0.4 is 5.73 Å². The predicted molar refractivity (Wildman–Crippen MR) is 92.9 cm³/mol. The summed E-state index contributed by atoms with van der Waals surface area (Å²) >= 11 is 2.12. The van der Waals surface area contributed by atoms with Crippen molar-refractivity contribution in [2.24, 2.45) is 11.1 Å². The molecular weight excluding hydrogens is 278 g/mol. The van der Waals surface area contributed by atoms with Gasteiger partial charge in [-0.15, -0.1) is 0 Å². The van der Waals surface area contributed by atoms with Gasteiger partial charge in [-0.3, -0.25) is 9.80 Å². The smallest absolute Gasteiger partial charge is 0.0473 e. The number of thioether (sulfide) groups is 1. The van der Waals surface area contributed by atoms with Gasteiger partial charge in [-0.05, 0) is 49.9 Å². The van der Waals surface area contributed by atoms with Crippen LogP contribution in [0.5, 0.6) is 0 Å².